The third-order valence-electron chi connectivity index (χ3n) is 3.18. The molecule has 2 aromatic heterocycles. The first kappa shape index (κ1) is 14.6. The zero-order valence-electron chi connectivity index (χ0n) is 11.1. The van der Waals surface area contributed by atoms with E-state index in [4.69, 9.17) is 23.2 Å². The Labute approximate surface area is 135 Å². The molecule has 0 fully saturated rings. The molecule has 0 atom stereocenters. The van der Waals surface area contributed by atoms with E-state index < -0.39 is 0 Å². The van der Waals surface area contributed by atoms with Gasteiger partial charge in [-0.2, -0.15) is 5.10 Å². The molecule has 0 spiro atoms. The maximum Gasteiger partial charge on any atom is 0.274 e. The summed E-state index contributed by atoms with van der Waals surface area (Å²) >= 11 is 13.2. The molecule has 0 bridgehead atoms. The predicted molar refractivity (Wildman–Crippen MR) is 89.7 cm³/mol. The maximum atomic E-state index is 12.5. The van der Waals surface area contributed by atoms with Crippen molar-refractivity contribution in [2.75, 3.05) is 5.88 Å². The van der Waals surface area contributed by atoms with E-state index in [1.807, 2.05) is 36.4 Å². The Hall–Kier alpha value is -1.36. The van der Waals surface area contributed by atoms with Gasteiger partial charge in [-0.05, 0) is 24.6 Å². The van der Waals surface area contributed by atoms with Crippen molar-refractivity contribution in [3.05, 3.63) is 51.1 Å². The summed E-state index contributed by atoms with van der Waals surface area (Å²) in [5.74, 6) is 0.501. The molecular formula is C15H12Cl2N2OS. The summed E-state index contributed by atoms with van der Waals surface area (Å²) in [6.45, 7) is 0.513. The van der Waals surface area contributed by atoms with Gasteiger partial charge < -0.3 is 0 Å². The minimum absolute atomic E-state index is 0.0814. The van der Waals surface area contributed by atoms with Gasteiger partial charge in [-0.25, -0.2) is 4.68 Å². The van der Waals surface area contributed by atoms with Crippen molar-refractivity contribution in [3.63, 3.8) is 0 Å². The highest BCUT2D eigenvalue weighted by Crippen LogP contribution is 2.33. The van der Waals surface area contributed by atoms with E-state index in [0.717, 1.165) is 16.0 Å². The van der Waals surface area contributed by atoms with Crippen molar-refractivity contribution in [3.8, 4) is 10.6 Å². The minimum Gasteiger partial charge on any atom is -0.267 e. The fraction of sp³-hybridized carbons (Fsp3) is 0.200. The molecular weight excluding hydrogens is 327 g/mol. The van der Waals surface area contributed by atoms with Crippen molar-refractivity contribution < 1.29 is 0 Å². The second kappa shape index (κ2) is 6.18. The van der Waals surface area contributed by atoms with E-state index in [1.54, 1.807) is 0 Å². The van der Waals surface area contributed by atoms with Gasteiger partial charge in [0, 0.05) is 17.8 Å². The highest BCUT2D eigenvalue weighted by atomic mass is 35.5. The smallest absolute Gasteiger partial charge is 0.267 e. The van der Waals surface area contributed by atoms with Gasteiger partial charge in [0.2, 0.25) is 0 Å². The minimum atomic E-state index is -0.0814. The van der Waals surface area contributed by atoms with Crippen LogP contribution in [0.25, 0.3) is 21.3 Å². The Balaban J connectivity index is 2.27. The Morgan fingerprint density at radius 2 is 1.90 bits per heavy atom. The summed E-state index contributed by atoms with van der Waals surface area (Å²) in [6, 6.07) is 11.3. The standard InChI is InChI=1S/C15H12Cl2N2OS/c16-8-3-9-19-15(20)11-5-2-1-4-10(11)14(18-19)12-6-7-13(17)21-12/h1-2,4-7H,3,8-9H2. The first-order valence-corrected chi connectivity index (χ1v) is 8.25. The van der Waals surface area contributed by atoms with E-state index in [2.05, 4.69) is 5.10 Å². The average Bonchev–Trinajstić information content (AvgIpc) is 2.93. The molecule has 0 radical (unpaired) electrons. The zero-order chi connectivity index (χ0) is 14.8. The summed E-state index contributed by atoms with van der Waals surface area (Å²) in [5, 5.41) is 6.04. The number of halogens is 2. The van der Waals surface area contributed by atoms with E-state index in [1.165, 1.54) is 16.0 Å². The zero-order valence-corrected chi connectivity index (χ0v) is 13.4. The fourth-order valence-corrected chi connectivity index (χ4v) is 3.38. The highest BCUT2D eigenvalue weighted by molar-refractivity contribution is 7.19. The number of benzene rings is 1. The van der Waals surface area contributed by atoms with Gasteiger partial charge in [0.15, 0.2) is 0 Å². The second-order valence-electron chi connectivity index (χ2n) is 4.57. The maximum absolute atomic E-state index is 12.5. The van der Waals surface area contributed by atoms with Crippen molar-refractivity contribution in [2.45, 2.75) is 13.0 Å². The molecule has 108 valence electrons. The monoisotopic (exact) mass is 338 g/mol. The molecule has 3 rings (SSSR count). The molecule has 0 aliphatic carbocycles. The quantitative estimate of drug-likeness (QED) is 0.660. The van der Waals surface area contributed by atoms with Gasteiger partial charge in [-0.15, -0.1) is 22.9 Å². The lowest BCUT2D eigenvalue weighted by Gasteiger charge is -2.09. The molecule has 0 aliphatic heterocycles. The number of thiophene rings is 1. The van der Waals surface area contributed by atoms with Gasteiger partial charge in [-0.1, -0.05) is 29.8 Å². The number of aryl methyl sites for hydroxylation is 1. The highest BCUT2D eigenvalue weighted by Gasteiger charge is 2.13. The van der Waals surface area contributed by atoms with Crippen molar-refractivity contribution in [1.29, 1.82) is 0 Å². The molecule has 0 N–H and O–H groups in total. The molecule has 3 aromatic rings. The van der Waals surface area contributed by atoms with Crippen LogP contribution in [0.2, 0.25) is 4.34 Å². The third-order valence-corrected chi connectivity index (χ3v) is 4.68. The van der Waals surface area contributed by atoms with Crippen LogP contribution >= 0.6 is 34.5 Å². The lowest BCUT2D eigenvalue weighted by Crippen LogP contribution is -2.24. The van der Waals surface area contributed by atoms with Gasteiger partial charge in [0.05, 0.1) is 14.6 Å². The number of hydrogen-bond donors (Lipinski definition) is 0. The van der Waals surface area contributed by atoms with Crippen LogP contribution in [-0.4, -0.2) is 15.7 Å². The second-order valence-corrected chi connectivity index (χ2v) is 6.66. The lowest BCUT2D eigenvalue weighted by atomic mass is 10.1. The van der Waals surface area contributed by atoms with Gasteiger partial charge in [0.1, 0.15) is 5.69 Å². The lowest BCUT2D eigenvalue weighted by molar-refractivity contribution is 0.579. The van der Waals surface area contributed by atoms with Crippen LogP contribution in [0.1, 0.15) is 6.42 Å². The molecule has 0 saturated heterocycles. The van der Waals surface area contributed by atoms with Crippen LogP contribution in [0, 0.1) is 0 Å². The van der Waals surface area contributed by atoms with Crippen molar-refractivity contribution in [1.82, 2.24) is 9.78 Å². The number of aromatic nitrogens is 2. The first-order valence-electron chi connectivity index (χ1n) is 6.52. The number of rotatable bonds is 4. The van der Waals surface area contributed by atoms with Crippen LogP contribution in [0.3, 0.4) is 0 Å². The number of hydrogen-bond acceptors (Lipinski definition) is 3. The largest absolute Gasteiger partial charge is 0.274 e. The number of alkyl halides is 1. The van der Waals surface area contributed by atoms with Crippen LogP contribution in [-0.2, 0) is 6.54 Å². The van der Waals surface area contributed by atoms with Crippen LogP contribution < -0.4 is 5.56 Å². The van der Waals surface area contributed by atoms with E-state index >= 15 is 0 Å². The molecule has 1 aromatic carbocycles. The van der Waals surface area contributed by atoms with Crippen LogP contribution in [0.5, 0.6) is 0 Å². The van der Waals surface area contributed by atoms with Crippen LogP contribution in [0.4, 0.5) is 0 Å². The molecule has 3 nitrogen and oxygen atoms in total. The van der Waals surface area contributed by atoms with Crippen molar-refractivity contribution >= 4 is 45.3 Å². The molecule has 0 unspecified atom stereocenters. The Kier molecular flexibility index (Phi) is 4.29. The Morgan fingerprint density at radius 1 is 1.14 bits per heavy atom. The Morgan fingerprint density at radius 3 is 2.57 bits per heavy atom. The molecule has 6 heteroatoms. The normalized spacial score (nSPS) is 11.1. The van der Waals surface area contributed by atoms with E-state index in [0.29, 0.717) is 28.6 Å². The summed E-state index contributed by atoms with van der Waals surface area (Å²) in [5.41, 5.74) is 0.707. The van der Waals surface area contributed by atoms with Gasteiger partial charge >= 0.3 is 0 Å². The predicted octanol–water partition coefficient (Wildman–Crippen LogP) is 4.41. The van der Waals surface area contributed by atoms with Crippen LogP contribution in [0.15, 0.2) is 41.2 Å². The number of nitrogens with zero attached hydrogens (tertiary/aromatic N) is 2. The summed E-state index contributed by atoms with van der Waals surface area (Å²) in [4.78, 5) is 13.4. The molecule has 21 heavy (non-hydrogen) atoms. The number of fused-ring (bicyclic) bond motifs is 1. The summed E-state index contributed by atoms with van der Waals surface area (Å²) < 4.78 is 2.20. The summed E-state index contributed by atoms with van der Waals surface area (Å²) in [7, 11) is 0. The molecule has 0 amide bonds. The first-order chi connectivity index (χ1) is 10.2. The molecule has 0 saturated carbocycles. The van der Waals surface area contributed by atoms with Crippen molar-refractivity contribution in [2.24, 2.45) is 0 Å². The third kappa shape index (κ3) is 2.84. The molecule has 0 aliphatic rings. The SMILES string of the molecule is O=c1c2ccccc2c(-c2ccc(Cl)s2)nn1CCCCl. The van der Waals surface area contributed by atoms with Gasteiger partial charge in [-0.3, -0.25) is 4.79 Å². The summed E-state index contributed by atoms with van der Waals surface area (Å²) in [6.07, 6.45) is 0.706. The Bertz CT molecular complexity index is 841. The average molecular weight is 339 g/mol. The van der Waals surface area contributed by atoms with Gasteiger partial charge in [0.25, 0.3) is 5.56 Å². The topological polar surface area (TPSA) is 34.9 Å². The fourth-order valence-electron chi connectivity index (χ4n) is 2.22. The molecule has 2 heterocycles. The van der Waals surface area contributed by atoms with E-state index in [9.17, 15) is 4.79 Å². The van der Waals surface area contributed by atoms with E-state index in [-0.39, 0.29) is 5.56 Å².